The second kappa shape index (κ2) is 4.58. The van der Waals surface area contributed by atoms with E-state index in [0.29, 0.717) is 23.4 Å². The van der Waals surface area contributed by atoms with E-state index in [2.05, 4.69) is 26.2 Å². The maximum absolute atomic E-state index is 10.9. The minimum atomic E-state index is -0.445. The van der Waals surface area contributed by atoms with Crippen LogP contribution < -0.4 is 5.32 Å². The monoisotopic (exact) mass is 301 g/mol. The van der Waals surface area contributed by atoms with Gasteiger partial charge in [0.15, 0.2) is 0 Å². The molecule has 0 amide bonds. The Morgan fingerprint density at radius 1 is 1.65 bits per heavy atom. The zero-order valence-corrected chi connectivity index (χ0v) is 10.9. The molecular weight excluding hydrogens is 290 g/mol. The molecule has 0 saturated carbocycles. The number of halogens is 1. The van der Waals surface area contributed by atoms with Crippen molar-refractivity contribution in [2.75, 3.05) is 18.5 Å². The van der Waals surface area contributed by atoms with Crippen LogP contribution in [0.25, 0.3) is 0 Å². The molecule has 17 heavy (non-hydrogen) atoms. The predicted molar refractivity (Wildman–Crippen MR) is 66.1 cm³/mol. The van der Waals surface area contributed by atoms with Crippen molar-refractivity contribution in [1.82, 2.24) is 4.98 Å². The molecule has 0 bridgehead atoms. The molecule has 0 spiro atoms. The minimum Gasteiger partial charge on any atom is -0.379 e. The third-order valence-corrected chi connectivity index (χ3v) is 3.32. The Morgan fingerprint density at radius 2 is 2.41 bits per heavy atom. The van der Waals surface area contributed by atoms with Crippen LogP contribution in [0, 0.1) is 10.1 Å². The van der Waals surface area contributed by atoms with Gasteiger partial charge in [-0.1, -0.05) is 0 Å². The largest absolute Gasteiger partial charge is 0.379 e. The number of pyridine rings is 1. The summed E-state index contributed by atoms with van der Waals surface area (Å²) >= 11 is 3.28. The molecule has 0 radical (unpaired) electrons. The number of nitrogens with one attached hydrogen (secondary N) is 1. The third-order valence-electron chi connectivity index (χ3n) is 2.72. The second-order valence-electron chi connectivity index (χ2n) is 4.26. The Morgan fingerprint density at radius 3 is 3.00 bits per heavy atom. The first-order chi connectivity index (χ1) is 8.02. The highest BCUT2D eigenvalue weighted by atomic mass is 79.9. The number of hydrogen-bond acceptors (Lipinski definition) is 5. The summed E-state index contributed by atoms with van der Waals surface area (Å²) in [7, 11) is 0. The van der Waals surface area contributed by atoms with Gasteiger partial charge in [0.2, 0.25) is 0 Å². The lowest BCUT2D eigenvalue weighted by Gasteiger charge is -2.25. The van der Waals surface area contributed by atoms with Crippen molar-refractivity contribution < 1.29 is 9.66 Å². The van der Waals surface area contributed by atoms with Crippen molar-refractivity contribution in [1.29, 1.82) is 0 Å². The highest BCUT2D eigenvalue weighted by Crippen LogP contribution is 2.35. The van der Waals surface area contributed by atoms with E-state index in [1.54, 1.807) is 0 Å². The number of hydrogen-bond donors (Lipinski definition) is 1. The highest BCUT2D eigenvalue weighted by Gasteiger charge is 2.32. The van der Waals surface area contributed by atoms with Gasteiger partial charge in [-0.2, -0.15) is 0 Å². The number of nitrogens with zero attached hydrogens (tertiary/aromatic N) is 2. The van der Waals surface area contributed by atoms with Crippen LogP contribution >= 0.6 is 15.9 Å². The fourth-order valence-electron chi connectivity index (χ4n) is 1.75. The summed E-state index contributed by atoms with van der Waals surface area (Å²) in [5.41, 5.74) is 0.153. The van der Waals surface area contributed by atoms with E-state index in [-0.39, 0.29) is 11.2 Å². The standard InChI is InChI=1S/C10H12BrN3O3/c1-10(2-3-17-6-10)13-9-7(11)4-12-5-8(9)14(15)16/h4-5H,2-3,6H2,1H3,(H,12,13). The lowest BCUT2D eigenvalue weighted by molar-refractivity contribution is -0.384. The molecular formula is C10H12BrN3O3. The number of nitro groups is 1. The van der Waals surface area contributed by atoms with Crippen LogP contribution in [0.4, 0.5) is 11.4 Å². The zero-order valence-electron chi connectivity index (χ0n) is 9.27. The van der Waals surface area contributed by atoms with Gasteiger partial charge < -0.3 is 10.1 Å². The smallest absolute Gasteiger partial charge is 0.311 e. The van der Waals surface area contributed by atoms with Crippen LogP contribution in [0.15, 0.2) is 16.9 Å². The van der Waals surface area contributed by atoms with Crippen LogP contribution in [0.5, 0.6) is 0 Å². The molecule has 1 aromatic heterocycles. The van der Waals surface area contributed by atoms with E-state index < -0.39 is 4.92 Å². The summed E-state index contributed by atoms with van der Waals surface area (Å²) in [4.78, 5) is 14.3. The van der Waals surface area contributed by atoms with Crippen LogP contribution in [0.2, 0.25) is 0 Å². The summed E-state index contributed by atoms with van der Waals surface area (Å²) in [5, 5.41) is 14.1. The van der Waals surface area contributed by atoms with Gasteiger partial charge in [-0.05, 0) is 29.3 Å². The Kier molecular flexibility index (Phi) is 3.30. The van der Waals surface area contributed by atoms with Crippen LogP contribution in [-0.2, 0) is 4.74 Å². The molecule has 92 valence electrons. The summed E-state index contributed by atoms with van der Waals surface area (Å²) in [6.45, 7) is 3.19. The second-order valence-corrected chi connectivity index (χ2v) is 5.12. The number of ether oxygens (including phenoxy) is 1. The Bertz CT molecular complexity index is 446. The topological polar surface area (TPSA) is 77.3 Å². The van der Waals surface area contributed by atoms with Gasteiger partial charge in [-0.25, -0.2) is 0 Å². The molecule has 1 N–H and O–H groups in total. The normalized spacial score (nSPS) is 23.6. The third kappa shape index (κ3) is 2.55. The molecule has 1 aromatic rings. The van der Waals surface area contributed by atoms with E-state index in [0.717, 1.165) is 6.42 Å². The number of rotatable bonds is 3. The summed E-state index contributed by atoms with van der Waals surface area (Å²) in [6.07, 6.45) is 3.60. The quantitative estimate of drug-likeness (QED) is 0.685. The molecule has 1 fully saturated rings. The van der Waals surface area contributed by atoms with Crippen LogP contribution in [0.1, 0.15) is 13.3 Å². The summed E-state index contributed by atoms with van der Waals surface area (Å²) in [5.74, 6) is 0. The van der Waals surface area contributed by atoms with E-state index >= 15 is 0 Å². The van der Waals surface area contributed by atoms with E-state index in [1.807, 2.05) is 6.92 Å². The van der Waals surface area contributed by atoms with Gasteiger partial charge >= 0.3 is 5.69 Å². The van der Waals surface area contributed by atoms with Crippen molar-refractivity contribution in [3.8, 4) is 0 Å². The molecule has 1 aliphatic heterocycles. The van der Waals surface area contributed by atoms with Crippen molar-refractivity contribution in [3.63, 3.8) is 0 Å². The van der Waals surface area contributed by atoms with Crippen molar-refractivity contribution in [2.45, 2.75) is 18.9 Å². The maximum atomic E-state index is 10.9. The first kappa shape index (κ1) is 12.3. The van der Waals surface area contributed by atoms with Gasteiger partial charge in [0, 0.05) is 12.8 Å². The van der Waals surface area contributed by atoms with Gasteiger partial charge in [0.1, 0.15) is 11.9 Å². The van der Waals surface area contributed by atoms with E-state index in [1.165, 1.54) is 12.4 Å². The highest BCUT2D eigenvalue weighted by molar-refractivity contribution is 9.10. The molecule has 1 unspecified atom stereocenters. The summed E-state index contributed by atoms with van der Waals surface area (Å²) in [6, 6.07) is 0. The van der Waals surface area contributed by atoms with Crippen molar-refractivity contribution in [3.05, 3.63) is 27.0 Å². The number of anilines is 1. The molecule has 1 atom stereocenters. The van der Waals surface area contributed by atoms with Gasteiger partial charge in [-0.15, -0.1) is 0 Å². The van der Waals surface area contributed by atoms with Crippen LogP contribution in [0.3, 0.4) is 0 Å². The molecule has 1 aliphatic rings. The van der Waals surface area contributed by atoms with Gasteiger partial charge in [0.05, 0.1) is 21.5 Å². The fourth-order valence-corrected chi connectivity index (χ4v) is 2.17. The van der Waals surface area contributed by atoms with Crippen molar-refractivity contribution in [2.24, 2.45) is 0 Å². The molecule has 6 nitrogen and oxygen atoms in total. The molecule has 1 saturated heterocycles. The van der Waals surface area contributed by atoms with Crippen molar-refractivity contribution >= 4 is 27.3 Å². The maximum Gasteiger partial charge on any atom is 0.311 e. The fraction of sp³-hybridized carbons (Fsp3) is 0.500. The molecule has 0 aliphatic carbocycles. The van der Waals surface area contributed by atoms with E-state index in [9.17, 15) is 10.1 Å². The molecule has 2 heterocycles. The number of aromatic nitrogens is 1. The van der Waals surface area contributed by atoms with Crippen LogP contribution in [-0.4, -0.2) is 28.7 Å². The Hall–Kier alpha value is -1.21. The molecule has 0 aromatic carbocycles. The lowest BCUT2D eigenvalue weighted by atomic mass is 10.0. The first-order valence-corrected chi connectivity index (χ1v) is 5.95. The summed E-state index contributed by atoms with van der Waals surface area (Å²) < 4.78 is 5.89. The average Bonchev–Trinajstić information content (AvgIpc) is 2.68. The Labute approximate surface area is 107 Å². The zero-order chi connectivity index (χ0) is 12.5. The lowest BCUT2D eigenvalue weighted by Crippen LogP contribution is -2.35. The predicted octanol–water partition coefficient (Wildman–Crippen LogP) is 2.34. The average molecular weight is 302 g/mol. The molecule has 2 rings (SSSR count). The van der Waals surface area contributed by atoms with Gasteiger partial charge in [0.25, 0.3) is 0 Å². The van der Waals surface area contributed by atoms with Gasteiger partial charge in [-0.3, -0.25) is 15.1 Å². The SMILES string of the molecule is CC1(Nc2c(Br)cncc2[N+](=O)[O-])CCOC1. The van der Waals surface area contributed by atoms with E-state index in [4.69, 9.17) is 4.74 Å². The molecule has 7 heteroatoms. The Balaban J connectivity index is 2.34. The first-order valence-electron chi connectivity index (χ1n) is 5.16. The minimum absolute atomic E-state index is 0.0347.